The fourth-order valence-electron chi connectivity index (χ4n) is 2.06. The molecule has 3 nitrogen and oxygen atoms in total. The van der Waals surface area contributed by atoms with Crippen molar-refractivity contribution in [3.63, 3.8) is 0 Å². The van der Waals surface area contributed by atoms with Crippen molar-refractivity contribution in [2.45, 2.75) is 18.9 Å². The van der Waals surface area contributed by atoms with Gasteiger partial charge in [0.1, 0.15) is 0 Å². The molecule has 1 aliphatic rings. The summed E-state index contributed by atoms with van der Waals surface area (Å²) in [6.45, 7) is 1.82. The maximum atomic E-state index is 8.76. The van der Waals surface area contributed by atoms with E-state index in [1.165, 1.54) is 0 Å². The third-order valence-corrected chi connectivity index (χ3v) is 3.18. The lowest BCUT2D eigenvalue weighted by molar-refractivity contribution is 0.506. The maximum absolute atomic E-state index is 8.76. The Bertz CT molecular complexity index is 425. The van der Waals surface area contributed by atoms with Crippen LogP contribution in [-0.4, -0.2) is 19.1 Å². The van der Waals surface area contributed by atoms with E-state index in [0.717, 1.165) is 31.6 Å². The molecule has 0 radical (unpaired) electrons. The molecule has 0 saturated carbocycles. The van der Waals surface area contributed by atoms with E-state index in [4.69, 9.17) is 22.6 Å². The molecule has 16 heavy (non-hydrogen) atoms. The van der Waals surface area contributed by atoms with Gasteiger partial charge in [0.05, 0.1) is 22.3 Å². The molecule has 1 fully saturated rings. The van der Waals surface area contributed by atoms with E-state index in [9.17, 15) is 0 Å². The van der Waals surface area contributed by atoms with E-state index >= 15 is 0 Å². The molecule has 0 aliphatic carbocycles. The number of hydrogen-bond acceptors (Lipinski definition) is 3. The lowest BCUT2D eigenvalue weighted by atomic mass is 10.1. The molecule has 1 saturated heterocycles. The average Bonchev–Trinajstić information content (AvgIpc) is 2.28. The summed E-state index contributed by atoms with van der Waals surface area (Å²) in [4.78, 5) is 2.19. The molecule has 84 valence electrons. The summed E-state index contributed by atoms with van der Waals surface area (Å²) < 4.78 is 0. The molecule has 1 aromatic rings. The van der Waals surface area contributed by atoms with E-state index in [0.29, 0.717) is 10.6 Å². The van der Waals surface area contributed by atoms with Crippen LogP contribution in [0.15, 0.2) is 18.2 Å². The summed E-state index contributed by atoms with van der Waals surface area (Å²) in [6.07, 6.45) is 2.17. The van der Waals surface area contributed by atoms with Gasteiger partial charge < -0.3 is 10.6 Å². The number of nitriles is 1. The van der Waals surface area contributed by atoms with Gasteiger partial charge in [0, 0.05) is 19.1 Å². The third-order valence-electron chi connectivity index (χ3n) is 2.88. The van der Waals surface area contributed by atoms with E-state index in [2.05, 4.69) is 11.0 Å². The van der Waals surface area contributed by atoms with Crippen molar-refractivity contribution in [2.75, 3.05) is 18.0 Å². The molecule has 1 heterocycles. The van der Waals surface area contributed by atoms with Crippen molar-refractivity contribution in [1.29, 1.82) is 5.26 Å². The largest absolute Gasteiger partial charge is 0.369 e. The number of anilines is 1. The average molecular weight is 236 g/mol. The van der Waals surface area contributed by atoms with Crippen LogP contribution in [0.4, 0.5) is 5.69 Å². The molecule has 0 spiro atoms. The zero-order chi connectivity index (χ0) is 11.5. The molecule has 2 N–H and O–H groups in total. The fraction of sp³-hybridized carbons (Fsp3) is 0.417. The van der Waals surface area contributed by atoms with Crippen LogP contribution in [0.3, 0.4) is 0 Å². The molecule has 2 rings (SSSR count). The normalized spacial score (nSPS) is 20.6. The highest BCUT2D eigenvalue weighted by Gasteiger charge is 2.18. The first-order valence-electron chi connectivity index (χ1n) is 5.41. The Morgan fingerprint density at radius 1 is 1.50 bits per heavy atom. The molecular formula is C12H14ClN3. The summed E-state index contributed by atoms with van der Waals surface area (Å²) >= 11 is 6.16. The topological polar surface area (TPSA) is 53.0 Å². The standard InChI is InChI=1S/C12H14ClN3/c13-11-6-9(7-14)3-4-12(11)16-5-1-2-10(15)8-16/h3-4,6,10H,1-2,5,8,15H2/t10-/m1/s1. The van der Waals surface area contributed by atoms with E-state index < -0.39 is 0 Å². The minimum absolute atomic E-state index is 0.223. The van der Waals surface area contributed by atoms with Gasteiger partial charge in [0.15, 0.2) is 0 Å². The molecule has 4 heteroatoms. The molecule has 1 atom stereocenters. The van der Waals surface area contributed by atoms with Gasteiger partial charge in [-0.15, -0.1) is 0 Å². The number of nitrogens with zero attached hydrogens (tertiary/aromatic N) is 2. The molecule has 0 unspecified atom stereocenters. The van der Waals surface area contributed by atoms with E-state index in [1.54, 1.807) is 12.1 Å². The fourth-order valence-corrected chi connectivity index (χ4v) is 2.36. The lowest BCUT2D eigenvalue weighted by Gasteiger charge is -2.33. The number of nitrogens with two attached hydrogens (primary N) is 1. The quantitative estimate of drug-likeness (QED) is 0.812. The van der Waals surface area contributed by atoms with Crippen LogP contribution in [0.25, 0.3) is 0 Å². The second-order valence-corrected chi connectivity index (χ2v) is 4.53. The first kappa shape index (κ1) is 11.3. The minimum Gasteiger partial charge on any atom is -0.369 e. The summed E-state index contributed by atoms with van der Waals surface area (Å²) in [7, 11) is 0. The van der Waals surface area contributed by atoms with Crippen LogP contribution in [0, 0.1) is 11.3 Å². The van der Waals surface area contributed by atoms with Crippen molar-refractivity contribution < 1.29 is 0 Å². The van der Waals surface area contributed by atoms with E-state index in [1.807, 2.05) is 6.07 Å². The Morgan fingerprint density at radius 2 is 2.31 bits per heavy atom. The summed E-state index contributed by atoms with van der Waals surface area (Å²) in [5.41, 5.74) is 7.51. The van der Waals surface area contributed by atoms with Crippen LogP contribution in [0.1, 0.15) is 18.4 Å². The third kappa shape index (κ3) is 2.29. The van der Waals surface area contributed by atoms with Crippen molar-refractivity contribution in [3.05, 3.63) is 28.8 Å². The van der Waals surface area contributed by atoms with Gasteiger partial charge in [-0.3, -0.25) is 0 Å². The van der Waals surface area contributed by atoms with Gasteiger partial charge >= 0.3 is 0 Å². The highest BCUT2D eigenvalue weighted by Crippen LogP contribution is 2.28. The summed E-state index contributed by atoms with van der Waals surface area (Å²) in [5.74, 6) is 0. The van der Waals surface area contributed by atoms with Gasteiger partial charge in [-0.05, 0) is 31.0 Å². The first-order chi connectivity index (χ1) is 7.70. The summed E-state index contributed by atoms with van der Waals surface area (Å²) in [5, 5.41) is 9.40. The maximum Gasteiger partial charge on any atom is 0.0992 e. The number of benzene rings is 1. The smallest absolute Gasteiger partial charge is 0.0992 e. The predicted octanol–water partition coefficient (Wildman–Crippen LogP) is 2.14. The Balaban J connectivity index is 2.23. The zero-order valence-electron chi connectivity index (χ0n) is 8.99. The molecular weight excluding hydrogens is 222 g/mol. The SMILES string of the molecule is N#Cc1ccc(N2CCC[C@@H](N)C2)c(Cl)c1. The van der Waals surface area contributed by atoms with Crippen molar-refractivity contribution in [1.82, 2.24) is 0 Å². The van der Waals surface area contributed by atoms with E-state index in [-0.39, 0.29) is 6.04 Å². The lowest BCUT2D eigenvalue weighted by Crippen LogP contribution is -2.42. The van der Waals surface area contributed by atoms with Gasteiger partial charge in [-0.1, -0.05) is 11.6 Å². The number of hydrogen-bond donors (Lipinski definition) is 1. The van der Waals surface area contributed by atoms with Crippen molar-refractivity contribution in [3.8, 4) is 6.07 Å². The number of rotatable bonds is 1. The number of piperidine rings is 1. The van der Waals surface area contributed by atoms with Gasteiger partial charge in [-0.2, -0.15) is 5.26 Å². The Kier molecular flexibility index (Phi) is 3.33. The molecule has 1 aliphatic heterocycles. The number of halogens is 1. The van der Waals surface area contributed by atoms with Crippen LogP contribution in [0.5, 0.6) is 0 Å². The van der Waals surface area contributed by atoms with Gasteiger partial charge in [-0.25, -0.2) is 0 Å². The summed E-state index contributed by atoms with van der Waals surface area (Å²) in [6, 6.07) is 7.70. The molecule has 1 aromatic carbocycles. The van der Waals surface area contributed by atoms with Crippen molar-refractivity contribution >= 4 is 17.3 Å². The Morgan fingerprint density at radius 3 is 2.94 bits per heavy atom. The Labute approximate surface area is 100 Å². The second-order valence-electron chi connectivity index (χ2n) is 4.13. The van der Waals surface area contributed by atoms with Crippen molar-refractivity contribution in [2.24, 2.45) is 5.73 Å². The minimum atomic E-state index is 0.223. The second kappa shape index (κ2) is 4.73. The highest BCUT2D eigenvalue weighted by molar-refractivity contribution is 6.33. The van der Waals surface area contributed by atoms with Crippen LogP contribution in [0.2, 0.25) is 5.02 Å². The van der Waals surface area contributed by atoms with Crippen LogP contribution in [-0.2, 0) is 0 Å². The molecule has 0 amide bonds. The molecule has 0 aromatic heterocycles. The van der Waals surface area contributed by atoms with Gasteiger partial charge in [0.2, 0.25) is 0 Å². The predicted molar refractivity (Wildman–Crippen MR) is 65.6 cm³/mol. The highest BCUT2D eigenvalue weighted by atomic mass is 35.5. The monoisotopic (exact) mass is 235 g/mol. The zero-order valence-corrected chi connectivity index (χ0v) is 9.74. The first-order valence-corrected chi connectivity index (χ1v) is 5.78. The van der Waals surface area contributed by atoms with Gasteiger partial charge in [0.25, 0.3) is 0 Å². The van der Waals surface area contributed by atoms with Crippen LogP contribution < -0.4 is 10.6 Å². The van der Waals surface area contributed by atoms with Crippen LogP contribution >= 0.6 is 11.6 Å². The molecule has 0 bridgehead atoms. The Hall–Kier alpha value is -1.24.